The Kier molecular flexibility index (Phi) is 5.97. The van der Waals surface area contributed by atoms with Gasteiger partial charge in [0.25, 0.3) is 5.91 Å². The largest absolute Gasteiger partial charge is 0.478 e. The molecular formula is C20H16F6N2O3. The highest BCUT2D eigenvalue weighted by molar-refractivity contribution is 5.96. The molecule has 0 aliphatic carbocycles. The molecule has 1 saturated heterocycles. The van der Waals surface area contributed by atoms with Crippen LogP contribution in [0.15, 0.2) is 42.7 Å². The minimum atomic E-state index is -4.78. The molecule has 11 heteroatoms. The van der Waals surface area contributed by atoms with Gasteiger partial charge in [0.1, 0.15) is 5.75 Å². The highest BCUT2D eigenvalue weighted by atomic mass is 19.4. The third kappa shape index (κ3) is 4.97. The van der Waals surface area contributed by atoms with Gasteiger partial charge in [-0.05, 0) is 43.2 Å². The van der Waals surface area contributed by atoms with Crippen molar-refractivity contribution in [3.63, 3.8) is 0 Å². The maximum absolute atomic E-state index is 13.2. The molecule has 1 fully saturated rings. The van der Waals surface area contributed by atoms with Gasteiger partial charge in [-0.3, -0.25) is 14.6 Å². The number of hydrogen-bond donors (Lipinski definition) is 0. The number of rotatable bonds is 4. The van der Waals surface area contributed by atoms with Crippen molar-refractivity contribution >= 4 is 12.2 Å². The van der Waals surface area contributed by atoms with E-state index >= 15 is 0 Å². The Morgan fingerprint density at radius 1 is 1.06 bits per heavy atom. The number of carbonyl (C=O) groups is 2. The number of benzene rings is 1. The van der Waals surface area contributed by atoms with Crippen LogP contribution in [0.4, 0.5) is 26.3 Å². The molecule has 1 atom stereocenters. The van der Waals surface area contributed by atoms with E-state index < -0.39 is 40.6 Å². The van der Waals surface area contributed by atoms with Crippen LogP contribution in [0.25, 0.3) is 0 Å². The summed E-state index contributed by atoms with van der Waals surface area (Å²) in [6.45, 7) is -0.278. The van der Waals surface area contributed by atoms with E-state index in [1.807, 2.05) is 0 Å². The quantitative estimate of drug-likeness (QED) is 0.517. The Morgan fingerprint density at radius 3 is 2.32 bits per heavy atom. The van der Waals surface area contributed by atoms with Crippen LogP contribution in [0.1, 0.15) is 34.3 Å². The molecule has 0 bridgehead atoms. The van der Waals surface area contributed by atoms with Gasteiger partial charge in [0.15, 0.2) is 11.9 Å². The predicted molar refractivity (Wildman–Crippen MR) is 95.2 cm³/mol. The number of nitrogens with zero attached hydrogens (tertiary/aromatic N) is 2. The van der Waals surface area contributed by atoms with Gasteiger partial charge in [0.2, 0.25) is 0 Å². The zero-order valence-electron chi connectivity index (χ0n) is 15.8. The molecule has 3 rings (SSSR count). The standard InChI is InChI=1S/C20H16F6N2O3/c21-19(22,23)13-2-4-14(5-3-13)31-18(12-29)7-1-9-28(11-18)17(30)15-10-27-8-6-16(15)20(24,25)26/h2-6,8,10,12H,1,7,9,11H2. The first-order chi connectivity index (χ1) is 14.5. The summed E-state index contributed by atoms with van der Waals surface area (Å²) in [4.78, 5) is 29.2. The lowest BCUT2D eigenvalue weighted by molar-refractivity contribution is -0.138. The smallest absolute Gasteiger partial charge is 0.417 e. The minimum absolute atomic E-state index is 0.0354. The highest BCUT2D eigenvalue weighted by Gasteiger charge is 2.42. The summed E-state index contributed by atoms with van der Waals surface area (Å²) >= 11 is 0. The Bertz CT molecular complexity index is 959. The van der Waals surface area contributed by atoms with E-state index in [0.29, 0.717) is 12.4 Å². The number of likely N-dealkylation sites (tertiary alicyclic amines) is 1. The number of aldehydes is 1. The third-order valence-electron chi connectivity index (χ3n) is 4.85. The van der Waals surface area contributed by atoms with E-state index in [4.69, 9.17) is 4.74 Å². The van der Waals surface area contributed by atoms with Crippen molar-refractivity contribution in [2.75, 3.05) is 13.1 Å². The van der Waals surface area contributed by atoms with E-state index in [2.05, 4.69) is 4.98 Å². The fourth-order valence-corrected chi connectivity index (χ4v) is 3.36. The average molecular weight is 446 g/mol. The summed E-state index contributed by atoms with van der Waals surface area (Å²) in [5.41, 5.74) is -4.32. The number of pyridine rings is 1. The second-order valence-electron chi connectivity index (χ2n) is 7.06. The lowest BCUT2D eigenvalue weighted by Crippen LogP contribution is -2.54. The number of hydrogen-bond acceptors (Lipinski definition) is 4. The van der Waals surface area contributed by atoms with Crippen molar-refractivity contribution in [1.82, 2.24) is 9.88 Å². The summed E-state index contributed by atoms with van der Waals surface area (Å²) in [6.07, 6.45) is -6.80. The number of aromatic nitrogens is 1. The number of amides is 1. The number of alkyl halides is 6. The Labute approximate surface area is 172 Å². The van der Waals surface area contributed by atoms with E-state index in [-0.39, 0.29) is 31.7 Å². The topological polar surface area (TPSA) is 59.5 Å². The third-order valence-corrected chi connectivity index (χ3v) is 4.85. The average Bonchev–Trinajstić information content (AvgIpc) is 2.72. The lowest BCUT2D eigenvalue weighted by atomic mass is 9.93. The van der Waals surface area contributed by atoms with Crippen LogP contribution in [0.2, 0.25) is 0 Å². The molecule has 31 heavy (non-hydrogen) atoms. The molecule has 166 valence electrons. The molecule has 1 unspecified atom stereocenters. The van der Waals surface area contributed by atoms with E-state index in [9.17, 15) is 35.9 Å². The van der Waals surface area contributed by atoms with Crippen LogP contribution in [0.5, 0.6) is 5.75 Å². The van der Waals surface area contributed by atoms with E-state index in [0.717, 1.165) is 41.6 Å². The maximum Gasteiger partial charge on any atom is 0.417 e. The van der Waals surface area contributed by atoms with E-state index in [1.165, 1.54) is 0 Å². The summed E-state index contributed by atoms with van der Waals surface area (Å²) < 4.78 is 83.5. The zero-order chi connectivity index (χ0) is 22.9. The molecule has 5 nitrogen and oxygen atoms in total. The zero-order valence-corrected chi connectivity index (χ0v) is 15.8. The molecule has 2 aromatic rings. The van der Waals surface area contributed by atoms with Gasteiger partial charge in [-0.2, -0.15) is 26.3 Å². The van der Waals surface area contributed by atoms with Crippen LogP contribution in [0.3, 0.4) is 0 Å². The molecule has 1 aromatic carbocycles. The first-order valence-corrected chi connectivity index (χ1v) is 9.08. The van der Waals surface area contributed by atoms with Crippen molar-refractivity contribution in [2.24, 2.45) is 0 Å². The van der Waals surface area contributed by atoms with Crippen molar-refractivity contribution in [3.8, 4) is 5.75 Å². The van der Waals surface area contributed by atoms with Crippen LogP contribution in [-0.4, -0.2) is 40.8 Å². The normalized spacial score (nSPS) is 19.7. The monoisotopic (exact) mass is 446 g/mol. The SMILES string of the molecule is O=CC1(Oc2ccc(C(F)(F)F)cc2)CCCN(C(=O)c2cnccc2C(F)(F)F)C1. The van der Waals surface area contributed by atoms with Gasteiger partial charge in [0, 0.05) is 18.9 Å². The molecule has 1 aliphatic heterocycles. The molecule has 1 aromatic heterocycles. The van der Waals surface area contributed by atoms with Crippen molar-refractivity contribution in [3.05, 3.63) is 59.4 Å². The van der Waals surface area contributed by atoms with Crippen LogP contribution in [0, 0.1) is 0 Å². The van der Waals surface area contributed by atoms with Crippen molar-refractivity contribution in [1.29, 1.82) is 0 Å². The molecular weight excluding hydrogens is 430 g/mol. The Balaban J connectivity index is 1.83. The molecule has 0 radical (unpaired) electrons. The lowest BCUT2D eigenvalue weighted by Gasteiger charge is -2.39. The molecule has 1 aliphatic rings. The number of carbonyl (C=O) groups excluding carboxylic acids is 2. The summed E-state index contributed by atoms with van der Waals surface area (Å²) in [7, 11) is 0. The van der Waals surface area contributed by atoms with Gasteiger partial charge in [-0.15, -0.1) is 0 Å². The highest BCUT2D eigenvalue weighted by Crippen LogP contribution is 2.34. The van der Waals surface area contributed by atoms with Crippen LogP contribution < -0.4 is 4.74 Å². The van der Waals surface area contributed by atoms with Gasteiger partial charge in [-0.25, -0.2) is 0 Å². The van der Waals surface area contributed by atoms with E-state index in [1.54, 1.807) is 0 Å². The molecule has 0 N–H and O–H groups in total. The summed E-state index contributed by atoms with van der Waals surface area (Å²) in [5, 5.41) is 0. The predicted octanol–water partition coefficient (Wildman–Crippen LogP) is 4.37. The van der Waals surface area contributed by atoms with Gasteiger partial charge in [-0.1, -0.05) is 0 Å². The minimum Gasteiger partial charge on any atom is -0.478 e. The van der Waals surface area contributed by atoms with Gasteiger partial charge < -0.3 is 9.64 Å². The van der Waals surface area contributed by atoms with Crippen molar-refractivity contribution < 1.29 is 40.7 Å². The fourth-order valence-electron chi connectivity index (χ4n) is 3.36. The van der Waals surface area contributed by atoms with Crippen LogP contribution >= 0.6 is 0 Å². The number of halogens is 6. The Hall–Kier alpha value is -3.11. The van der Waals surface area contributed by atoms with Gasteiger partial charge >= 0.3 is 12.4 Å². The first-order valence-electron chi connectivity index (χ1n) is 9.08. The maximum atomic E-state index is 13.2. The van der Waals surface area contributed by atoms with Crippen molar-refractivity contribution in [2.45, 2.75) is 30.8 Å². The number of piperidine rings is 1. The molecule has 0 spiro atoms. The molecule has 2 heterocycles. The molecule has 1 amide bonds. The number of ether oxygens (including phenoxy) is 1. The second-order valence-corrected chi connectivity index (χ2v) is 7.06. The first kappa shape index (κ1) is 22.6. The van der Waals surface area contributed by atoms with Gasteiger partial charge in [0.05, 0.1) is 23.2 Å². The summed E-state index contributed by atoms with van der Waals surface area (Å²) in [5.74, 6) is -1.01. The molecule has 0 saturated carbocycles. The Morgan fingerprint density at radius 2 is 1.74 bits per heavy atom. The van der Waals surface area contributed by atoms with Crippen LogP contribution in [-0.2, 0) is 17.1 Å². The fraction of sp³-hybridized carbons (Fsp3) is 0.350. The second kappa shape index (κ2) is 8.20. The summed E-state index contributed by atoms with van der Waals surface area (Å²) in [6, 6.07) is 4.33.